The lowest BCUT2D eigenvalue weighted by atomic mass is 10.0. The number of carbonyl (C=O) groups excluding carboxylic acids is 1. The smallest absolute Gasteiger partial charge is 0.254 e. The van der Waals surface area contributed by atoms with Crippen LogP contribution in [0.2, 0.25) is 0 Å². The summed E-state index contributed by atoms with van der Waals surface area (Å²) in [5, 5.41) is 10.6. The van der Waals surface area contributed by atoms with Crippen LogP contribution in [0.15, 0.2) is 54.7 Å². The third-order valence-corrected chi connectivity index (χ3v) is 7.04. The highest BCUT2D eigenvalue weighted by Gasteiger charge is 2.43. The van der Waals surface area contributed by atoms with Crippen LogP contribution in [-0.4, -0.2) is 59.1 Å². The van der Waals surface area contributed by atoms with Crippen LogP contribution >= 0.6 is 0 Å². The van der Waals surface area contributed by atoms with Gasteiger partial charge in [-0.15, -0.1) is 0 Å². The van der Waals surface area contributed by atoms with Gasteiger partial charge in [0, 0.05) is 79.6 Å². The topological polar surface area (TPSA) is 81.6 Å². The van der Waals surface area contributed by atoms with Crippen LogP contribution in [0.1, 0.15) is 48.2 Å². The Hall–Kier alpha value is -3.71. The first kappa shape index (κ1) is 24.0. The molecular weight excluding hydrogens is 450 g/mol. The molecule has 3 aromatic rings. The number of rotatable bonds is 7. The third-order valence-electron chi connectivity index (χ3n) is 7.04. The van der Waals surface area contributed by atoms with Gasteiger partial charge in [0.15, 0.2) is 0 Å². The molecule has 0 radical (unpaired) electrons. The lowest BCUT2D eigenvalue weighted by Crippen LogP contribution is -2.59. The number of anilines is 1. The summed E-state index contributed by atoms with van der Waals surface area (Å²) in [6.07, 6.45) is 5.67. The van der Waals surface area contributed by atoms with Crippen molar-refractivity contribution >= 4 is 17.8 Å². The van der Waals surface area contributed by atoms with Crippen molar-refractivity contribution in [3.63, 3.8) is 0 Å². The molecular formula is C29H33N5O2. The quantitative estimate of drug-likeness (QED) is 0.439. The number of pyridine rings is 1. The van der Waals surface area contributed by atoms with Crippen molar-refractivity contribution in [2.45, 2.75) is 45.3 Å². The molecule has 7 nitrogen and oxygen atoms in total. The van der Waals surface area contributed by atoms with Gasteiger partial charge in [-0.25, -0.2) is 0 Å². The molecule has 7 heteroatoms. The average molecular weight is 484 g/mol. The van der Waals surface area contributed by atoms with Gasteiger partial charge in [0.2, 0.25) is 0 Å². The second-order valence-corrected chi connectivity index (χ2v) is 9.27. The Morgan fingerprint density at radius 2 is 1.81 bits per heavy atom. The first-order valence-electron chi connectivity index (χ1n) is 12.8. The van der Waals surface area contributed by atoms with E-state index in [1.807, 2.05) is 68.3 Å². The molecule has 1 aromatic heterocycles. The Morgan fingerprint density at radius 3 is 2.53 bits per heavy atom. The third kappa shape index (κ3) is 4.58. The number of likely N-dealkylation sites (tertiary alicyclic amines) is 1. The van der Waals surface area contributed by atoms with Crippen molar-refractivity contribution in [2.75, 3.05) is 25.5 Å². The Kier molecular flexibility index (Phi) is 6.74. The van der Waals surface area contributed by atoms with E-state index in [4.69, 9.17) is 10.1 Å². The van der Waals surface area contributed by atoms with E-state index in [1.165, 1.54) is 19.1 Å². The summed E-state index contributed by atoms with van der Waals surface area (Å²) in [5.74, 6) is 1.52. The highest BCUT2D eigenvalue weighted by Crippen LogP contribution is 2.36. The fraction of sp³-hybridized carbons (Fsp3) is 0.345. The van der Waals surface area contributed by atoms with Gasteiger partial charge in [0.05, 0.1) is 11.7 Å². The second kappa shape index (κ2) is 10.1. The Morgan fingerprint density at radius 1 is 1.03 bits per heavy atom. The number of fused-ring (bicyclic) bond motifs is 1. The van der Waals surface area contributed by atoms with Crippen LogP contribution < -0.4 is 10.1 Å². The normalized spacial score (nSPS) is 17.1. The minimum absolute atomic E-state index is 0.153. The number of hydrogen-bond donors (Lipinski definition) is 2. The lowest BCUT2D eigenvalue weighted by molar-refractivity contribution is 0.0251. The molecule has 2 N–H and O–H groups in total. The fourth-order valence-corrected chi connectivity index (χ4v) is 4.93. The molecule has 3 heterocycles. The standard InChI is InChI=1S/C27H27N5O2.C2H6/c1-29-25-11-22(6-2-18(25)13-28)34-23-8-9-30-26(12-23)17-3-7-24-19(10-17)14-32(27(24)33)21-15-31(16-21)20-4-5-20;1-2/h2-3,6-13,20-21,28-29H,4-5,14-16H2,1H3;1-2H3. The van der Waals surface area contributed by atoms with Crippen LogP contribution in [-0.2, 0) is 6.54 Å². The summed E-state index contributed by atoms with van der Waals surface area (Å²) in [6, 6.07) is 16.4. The SMILES string of the molecule is CC.CNc1cc(Oc2ccnc(-c3ccc4c(c3)CN(C3CN(C5CC5)C3)C4=O)c2)ccc1C=N. The first-order valence-corrected chi connectivity index (χ1v) is 12.8. The Bertz CT molecular complexity index is 1280. The van der Waals surface area contributed by atoms with E-state index in [-0.39, 0.29) is 5.91 Å². The zero-order valence-corrected chi connectivity index (χ0v) is 21.1. The number of nitrogens with one attached hydrogen (secondary N) is 2. The highest BCUT2D eigenvalue weighted by molar-refractivity contribution is 5.99. The molecule has 2 fully saturated rings. The monoisotopic (exact) mass is 483 g/mol. The van der Waals surface area contributed by atoms with E-state index in [9.17, 15) is 4.79 Å². The molecule has 0 unspecified atom stereocenters. The maximum Gasteiger partial charge on any atom is 0.254 e. The number of carbonyl (C=O) groups is 1. The van der Waals surface area contributed by atoms with Crippen molar-refractivity contribution in [1.82, 2.24) is 14.8 Å². The molecule has 1 aliphatic carbocycles. The van der Waals surface area contributed by atoms with Crippen LogP contribution in [0.25, 0.3) is 11.3 Å². The average Bonchev–Trinajstić information content (AvgIpc) is 3.68. The predicted molar refractivity (Wildman–Crippen MR) is 143 cm³/mol. The van der Waals surface area contributed by atoms with Gasteiger partial charge in [-0.2, -0.15) is 0 Å². The number of nitrogens with zero attached hydrogens (tertiary/aromatic N) is 3. The summed E-state index contributed by atoms with van der Waals surface area (Å²) in [7, 11) is 1.82. The zero-order valence-electron chi connectivity index (χ0n) is 21.1. The van der Waals surface area contributed by atoms with E-state index in [2.05, 4.69) is 21.3 Å². The number of benzene rings is 2. The Labute approximate surface area is 212 Å². The summed E-state index contributed by atoms with van der Waals surface area (Å²) in [6.45, 7) is 6.69. The summed E-state index contributed by atoms with van der Waals surface area (Å²) in [4.78, 5) is 22.1. The van der Waals surface area contributed by atoms with Gasteiger partial charge < -0.3 is 20.4 Å². The maximum atomic E-state index is 13.0. The molecule has 6 rings (SSSR count). The van der Waals surface area contributed by atoms with Crippen LogP contribution in [0.5, 0.6) is 11.5 Å². The van der Waals surface area contributed by atoms with Gasteiger partial charge in [0.1, 0.15) is 11.5 Å². The van der Waals surface area contributed by atoms with E-state index in [0.29, 0.717) is 24.1 Å². The summed E-state index contributed by atoms with van der Waals surface area (Å²) >= 11 is 0. The molecule has 2 aliphatic heterocycles. The summed E-state index contributed by atoms with van der Waals surface area (Å²) in [5.41, 5.74) is 5.30. The van der Waals surface area contributed by atoms with Crippen LogP contribution in [0.3, 0.4) is 0 Å². The van der Waals surface area contributed by atoms with E-state index < -0.39 is 0 Å². The fourth-order valence-electron chi connectivity index (χ4n) is 4.93. The molecule has 2 aromatic carbocycles. The minimum Gasteiger partial charge on any atom is -0.457 e. The van der Waals surface area contributed by atoms with Crippen molar-refractivity contribution in [3.05, 3.63) is 71.4 Å². The predicted octanol–water partition coefficient (Wildman–Crippen LogP) is 5.41. The largest absolute Gasteiger partial charge is 0.457 e. The molecule has 3 aliphatic rings. The van der Waals surface area contributed by atoms with Crippen molar-refractivity contribution in [3.8, 4) is 22.8 Å². The van der Waals surface area contributed by atoms with Gasteiger partial charge in [-0.3, -0.25) is 14.7 Å². The molecule has 36 heavy (non-hydrogen) atoms. The lowest BCUT2D eigenvalue weighted by Gasteiger charge is -2.44. The number of hydrogen-bond acceptors (Lipinski definition) is 6. The van der Waals surface area contributed by atoms with Crippen molar-refractivity contribution in [2.24, 2.45) is 0 Å². The zero-order chi connectivity index (χ0) is 25.2. The summed E-state index contributed by atoms with van der Waals surface area (Å²) < 4.78 is 6.08. The van der Waals surface area contributed by atoms with E-state index in [1.54, 1.807) is 6.20 Å². The molecule has 0 spiro atoms. The van der Waals surface area contributed by atoms with E-state index >= 15 is 0 Å². The van der Waals surface area contributed by atoms with Crippen LogP contribution in [0, 0.1) is 5.41 Å². The number of ether oxygens (including phenoxy) is 1. The van der Waals surface area contributed by atoms with Gasteiger partial charge in [-0.1, -0.05) is 19.9 Å². The van der Waals surface area contributed by atoms with Crippen LogP contribution in [0.4, 0.5) is 5.69 Å². The van der Waals surface area contributed by atoms with E-state index in [0.717, 1.165) is 52.8 Å². The first-order chi connectivity index (χ1) is 17.6. The number of amides is 1. The molecule has 1 saturated carbocycles. The van der Waals surface area contributed by atoms with Gasteiger partial charge in [0.25, 0.3) is 5.91 Å². The van der Waals surface area contributed by atoms with Crippen molar-refractivity contribution < 1.29 is 9.53 Å². The van der Waals surface area contributed by atoms with Crippen molar-refractivity contribution in [1.29, 1.82) is 5.41 Å². The maximum absolute atomic E-state index is 13.0. The molecule has 0 bridgehead atoms. The highest BCUT2D eigenvalue weighted by atomic mass is 16.5. The van der Waals surface area contributed by atoms with Gasteiger partial charge >= 0.3 is 0 Å². The molecule has 1 saturated heterocycles. The molecule has 0 atom stereocenters. The molecule has 1 amide bonds. The second-order valence-electron chi connectivity index (χ2n) is 9.27. The minimum atomic E-state index is 0.153. The Balaban J connectivity index is 0.00000130. The number of aromatic nitrogens is 1. The van der Waals surface area contributed by atoms with Gasteiger partial charge in [-0.05, 0) is 48.7 Å². The molecule has 186 valence electrons.